The van der Waals surface area contributed by atoms with E-state index in [1.165, 1.54) is 5.56 Å². The summed E-state index contributed by atoms with van der Waals surface area (Å²) in [6, 6.07) is 18.1. The number of anilines is 1. The summed E-state index contributed by atoms with van der Waals surface area (Å²) in [6.07, 6.45) is 2.57. The van der Waals surface area contributed by atoms with Crippen molar-refractivity contribution in [1.29, 1.82) is 0 Å². The third kappa shape index (κ3) is 3.30. The SMILES string of the molecule is CCc1ccc(N2C(=O)CC(c3ccccc3)C3=C2CC(C)(C)CC3=O)cc1. The van der Waals surface area contributed by atoms with Gasteiger partial charge in [0, 0.05) is 35.7 Å². The van der Waals surface area contributed by atoms with Crippen LogP contribution in [0.3, 0.4) is 0 Å². The summed E-state index contributed by atoms with van der Waals surface area (Å²) in [4.78, 5) is 28.3. The van der Waals surface area contributed by atoms with E-state index in [-0.39, 0.29) is 23.0 Å². The molecule has 3 nitrogen and oxygen atoms in total. The first-order valence-electron chi connectivity index (χ1n) is 10.1. The normalized spacial score (nSPS) is 21.7. The number of carbonyl (C=O) groups excluding carboxylic acids is 2. The molecule has 0 radical (unpaired) electrons. The second kappa shape index (κ2) is 7.05. The number of amides is 1. The molecule has 1 unspecified atom stereocenters. The van der Waals surface area contributed by atoms with Crippen LogP contribution in [0.15, 0.2) is 65.9 Å². The van der Waals surface area contributed by atoms with Gasteiger partial charge in [0.05, 0.1) is 0 Å². The van der Waals surface area contributed by atoms with Crippen LogP contribution < -0.4 is 4.90 Å². The van der Waals surface area contributed by atoms with Crippen molar-refractivity contribution < 1.29 is 9.59 Å². The summed E-state index contributed by atoms with van der Waals surface area (Å²) in [5.41, 5.74) is 4.75. The van der Waals surface area contributed by atoms with Crippen LogP contribution >= 0.6 is 0 Å². The van der Waals surface area contributed by atoms with Gasteiger partial charge in [0.15, 0.2) is 5.78 Å². The number of rotatable bonds is 3. The van der Waals surface area contributed by atoms with Gasteiger partial charge in [-0.15, -0.1) is 0 Å². The maximum absolute atomic E-state index is 13.3. The van der Waals surface area contributed by atoms with Crippen molar-refractivity contribution in [3.8, 4) is 0 Å². The van der Waals surface area contributed by atoms with Gasteiger partial charge in [-0.3, -0.25) is 14.5 Å². The predicted molar refractivity (Wildman–Crippen MR) is 112 cm³/mol. The molecule has 1 amide bonds. The largest absolute Gasteiger partial charge is 0.294 e. The summed E-state index contributed by atoms with van der Waals surface area (Å²) in [7, 11) is 0. The first kappa shape index (κ1) is 18.7. The van der Waals surface area contributed by atoms with Crippen LogP contribution in [0, 0.1) is 5.41 Å². The molecule has 0 bridgehead atoms. The number of aryl methyl sites for hydroxylation is 1. The Morgan fingerprint density at radius 1 is 0.964 bits per heavy atom. The lowest BCUT2D eigenvalue weighted by Gasteiger charge is -2.43. The molecule has 1 heterocycles. The van der Waals surface area contributed by atoms with Crippen LogP contribution in [0.1, 0.15) is 57.1 Å². The highest BCUT2D eigenvalue weighted by Crippen LogP contribution is 2.48. The third-order valence-corrected chi connectivity index (χ3v) is 5.95. The average Bonchev–Trinajstić information content (AvgIpc) is 2.67. The van der Waals surface area contributed by atoms with E-state index in [9.17, 15) is 9.59 Å². The van der Waals surface area contributed by atoms with Crippen molar-refractivity contribution in [2.24, 2.45) is 5.41 Å². The Kier molecular flexibility index (Phi) is 4.70. The van der Waals surface area contributed by atoms with Gasteiger partial charge in [0.25, 0.3) is 0 Å². The predicted octanol–water partition coefficient (Wildman–Crippen LogP) is 5.41. The smallest absolute Gasteiger partial charge is 0.232 e. The number of ketones is 1. The number of allylic oxidation sites excluding steroid dienone is 2. The Morgan fingerprint density at radius 2 is 1.64 bits per heavy atom. The molecule has 0 N–H and O–H groups in total. The van der Waals surface area contributed by atoms with Crippen LogP contribution in [-0.4, -0.2) is 11.7 Å². The summed E-state index contributed by atoms with van der Waals surface area (Å²) >= 11 is 0. The fourth-order valence-electron chi connectivity index (χ4n) is 4.57. The minimum Gasteiger partial charge on any atom is -0.294 e. The molecule has 0 aromatic heterocycles. The van der Waals surface area contributed by atoms with Crippen LogP contribution in [0.4, 0.5) is 5.69 Å². The quantitative estimate of drug-likeness (QED) is 0.721. The average molecular weight is 373 g/mol. The van der Waals surface area contributed by atoms with E-state index in [0.717, 1.165) is 35.4 Å². The second-order valence-electron chi connectivity index (χ2n) is 8.72. The Bertz CT molecular complexity index is 938. The molecule has 4 rings (SSSR count). The Morgan fingerprint density at radius 3 is 2.29 bits per heavy atom. The molecule has 2 aromatic rings. The molecule has 28 heavy (non-hydrogen) atoms. The third-order valence-electron chi connectivity index (χ3n) is 5.95. The molecular formula is C25H27NO2. The fourth-order valence-corrected chi connectivity index (χ4v) is 4.57. The van der Waals surface area contributed by atoms with Crippen molar-refractivity contribution in [3.63, 3.8) is 0 Å². The van der Waals surface area contributed by atoms with E-state index in [1.54, 1.807) is 0 Å². The minimum atomic E-state index is -0.142. The Hall–Kier alpha value is -2.68. The highest BCUT2D eigenvalue weighted by atomic mass is 16.2. The van der Waals surface area contributed by atoms with E-state index in [2.05, 4.69) is 32.9 Å². The number of benzene rings is 2. The van der Waals surface area contributed by atoms with Crippen LogP contribution in [-0.2, 0) is 16.0 Å². The van der Waals surface area contributed by atoms with Crippen molar-refractivity contribution in [1.82, 2.24) is 0 Å². The van der Waals surface area contributed by atoms with Crippen molar-refractivity contribution in [3.05, 3.63) is 77.0 Å². The lowest BCUT2D eigenvalue weighted by atomic mass is 9.69. The number of carbonyl (C=O) groups is 2. The molecule has 2 aliphatic rings. The van der Waals surface area contributed by atoms with E-state index >= 15 is 0 Å². The molecule has 0 fully saturated rings. The molecule has 0 saturated heterocycles. The standard InChI is InChI=1S/C25H27NO2/c1-4-17-10-12-19(13-11-17)26-21-15-25(2,3)16-22(27)24(21)20(14-23(26)28)18-8-6-5-7-9-18/h5-13,20H,4,14-16H2,1-3H3. The van der Waals surface area contributed by atoms with Gasteiger partial charge in [0.1, 0.15) is 0 Å². The van der Waals surface area contributed by atoms with Crippen molar-refractivity contribution >= 4 is 17.4 Å². The molecular weight excluding hydrogens is 346 g/mol. The first-order chi connectivity index (χ1) is 13.4. The summed E-state index contributed by atoms with van der Waals surface area (Å²) in [5.74, 6) is 0.114. The van der Waals surface area contributed by atoms with Crippen molar-refractivity contribution in [2.75, 3.05) is 4.90 Å². The molecule has 1 atom stereocenters. The molecule has 2 aromatic carbocycles. The van der Waals surface area contributed by atoms with Gasteiger partial charge in [-0.2, -0.15) is 0 Å². The van der Waals surface area contributed by atoms with E-state index in [0.29, 0.717) is 12.8 Å². The van der Waals surface area contributed by atoms with Crippen LogP contribution in [0.2, 0.25) is 0 Å². The zero-order valence-corrected chi connectivity index (χ0v) is 16.9. The first-order valence-corrected chi connectivity index (χ1v) is 10.1. The minimum absolute atomic E-state index is 0.0716. The second-order valence-corrected chi connectivity index (χ2v) is 8.72. The molecule has 3 heteroatoms. The van der Waals surface area contributed by atoms with Gasteiger partial charge in [-0.1, -0.05) is 63.2 Å². The monoisotopic (exact) mass is 373 g/mol. The zero-order valence-electron chi connectivity index (χ0n) is 16.9. The number of hydrogen-bond acceptors (Lipinski definition) is 2. The summed E-state index contributed by atoms with van der Waals surface area (Å²) < 4.78 is 0. The molecule has 1 aliphatic heterocycles. The van der Waals surface area contributed by atoms with Gasteiger partial charge in [0.2, 0.25) is 5.91 Å². The van der Waals surface area contributed by atoms with Gasteiger partial charge >= 0.3 is 0 Å². The van der Waals surface area contributed by atoms with Gasteiger partial charge < -0.3 is 0 Å². The van der Waals surface area contributed by atoms with Crippen LogP contribution in [0.5, 0.6) is 0 Å². The van der Waals surface area contributed by atoms with Gasteiger partial charge in [-0.25, -0.2) is 0 Å². The summed E-state index contributed by atoms with van der Waals surface area (Å²) in [5, 5.41) is 0. The number of Topliss-reactive ketones (excluding diaryl/α,β-unsaturated/α-hetero) is 1. The Labute approximate surface area is 167 Å². The van der Waals surface area contributed by atoms with Crippen LogP contribution in [0.25, 0.3) is 0 Å². The zero-order chi connectivity index (χ0) is 19.9. The molecule has 1 aliphatic carbocycles. The topological polar surface area (TPSA) is 37.4 Å². The highest BCUT2D eigenvalue weighted by Gasteiger charge is 2.44. The molecule has 0 saturated carbocycles. The Balaban J connectivity index is 1.86. The van der Waals surface area contributed by atoms with E-state index in [1.807, 2.05) is 47.4 Å². The van der Waals surface area contributed by atoms with E-state index < -0.39 is 0 Å². The number of hydrogen-bond donors (Lipinski definition) is 0. The fraction of sp³-hybridized carbons (Fsp3) is 0.360. The molecule has 144 valence electrons. The van der Waals surface area contributed by atoms with E-state index in [4.69, 9.17) is 0 Å². The maximum atomic E-state index is 13.3. The maximum Gasteiger partial charge on any atom is 0.232 e. The lowest BCUT2D eigenvalue weighted by Crippen LogP contribution is -2.43. The lowest BCUT2D eigenvalue weighted by molar-refractivity contribution is -0.121. The highest BCUT2D eigenvalue weighted by molar-refractivity contribution is 6.07. The van der Waals surface area contributed by atoms with Crippen molar-refractivity contribution in [2.45, 2.75) is 52.4 Å². The molecule has 0 spiro atoms. The van der Waals surface area contributed by atoms with Gasteiger partial charge in [-0.05, 0) is 41.5 Å². The summed E-state index contributed by atoms with van der Waals surface area (Å²) in [6.45, 7) is 6.35. The number of nitrogens with zero attached hydrogens (tertiary/aromatic N) is 1.